The first-order valence-electron chi connectivity index (χ1n) is 6.85. The van der Waals surface area contributed by atoms with Crippen LogP contribution in [0.3, 0.4) is 0 Å². The third-order valence-electron chi connectivity index (χ3n) is 3.73. The highest BCUT2D eigenvalue weighted by molar-refractivity contribution is 5.69. The lowest BCUT2D eigenvalue weighted by Gasteiger charge is -2.34. The zero-order valence-electron chi connectivity index (χ0n) is 11.6. The molecular formula is C16H15FN2O2. The van der Waals surface area contributed by atoms with E-state index in [2.05, 4.69) is 6.92 Å². The van der Waals surface area contributed by atoms with E-state index in [1.54, 1.807) is 0 Å². The molecule has 3 rings (SSSR count). The lowest BCUT2D eigenvalue weighted by Crippen LogP contribution is -2.30. The molecule has 0 aliphatic carbocycles. The summed E-state index contributed by atoms with van der Waals surface area (Å²) in [6.45, 7) is 2.84. The Hall–Kier alpha value is -2.43. The number of non-ortho nitro benzene ring substituents is 1. The zero-order valence-corrected chi connectivity index (χ0v) is 11.6. The fourth-order valence-electron chi connectivity index (χ4n) is 2.86. The first-order chi connectivity index (χ1) is 10.0. The largest absolute Gasteiger partial charge is 0.341 e. The van der Waals surface area contributed by atoms with E-state index in [1.165, 1.54) is 17.7 Å². The Balaban J connectivity index is 2.10. The van der Waals surface area contributed by atoms with Crippen LogP contribution in [-0.4, -0.2) is 11.5 Å². The van der Waals surface area contributed by atoms with Crippen molar-refractivity contribution < 1.29 is 9.31 Å². The molecule has 0 fully saturated rings. The van der Waals surface area contributed by atoms with E-state index in [1.807, 2.05) is 29.2 Å². The Morgan fingerprint density at radius 2 is 2.05 bits per heavy atom. The molecule has 2 aromatic rings. The summed E-state index contributed by atoms with van der Waals surface area (Å²) in [6.07, 6.45) is 0.962. The van der Waals surface area contributed by atoms with E-state index in [-0.39, 0.29) is 5.69 Å². The van der Waals surface area contributed by atoms with Gasteiger partial charge in [-0.25, -0.2) is 4.39 Å². The molecule has 0 amide bonds. The molecule has 0 saturated heterocycles. The van der Waals surface area contributed by atoms with Crippen molar-refractivity contribution in [3.05, 3.63) is 64.0 Å². The highest BCUT2D eigenvalue weighted by Gasteiger charge is 2.24. The number of rotatable bonds is 2. The second-order valence-corrected chi connectivity index (χ2v) is 5.47. The minimum atomic E-state index is -0.588. The van der Waals surface area contributed by atoms with Gasteiger partial charge in [-0.05, 0) is 30.0 Å². The van der Waals surface area contributed by atoms with Crippen LogP contribution in [0.1, 0.15) is 12.5 Å². The van der Waals surface area contributed by atoms with Crippen LogP contribution in [0.4, 0.5) is 21.5 Å². The Morgan fingerprint density at radius 1 is 1.29 bits per heavy atom. The molecule has 0 aromatic heterocycles. The average Bonchev–Trinajstić information content (AvgIpc) is 2.45. The number of nitro benzene ring substituents is 1. The van der Waals surface area contributed by atoms with Gasteiger partial charge in [0, 0.05) is 18.3 Å². The van der Waals surface area contributed by atoms with Crippen molar-refractivity contribution in [3.63, 3.8) is 0 Å². The first-order valence-corrected chi connectivity index (χ1v) is 6.85. The minimum absolute atomic E-state index is 0.222. The van der Waals surface area contributed by atoms with Gasteiger partial charge in [-0.15, -0.1) is 0 Å². The van der Waals surface area contributed by atoms with E-state index in [9.17, 15) is 14.5 Å². The molecule has 1 aliphatic heterocycles. The van der Waals surface area contributed by atoms with Gasteiger partial charge < -0.3 is 4.90 Å². The predicted octanol–water partition coefficient (Wildman–Crippen LogP) is 4.06. The molecule has 0 N–H and O–H groups in total. The molecule has 4 nitrogen and oxygen atoms in total. The SMILES string of the molecule is CC1Cc2ccccc2N(c2cc(F)cc([N+](=O)[O-])c2)C1. The number of nitrogens with zero attached hydrogens (tertiary/aromatic N) is 2. The Labute approximate surface area is 122 Å². The number of para-hydroxylation sites is 1. The quantitative estimate of drug-likeness (QED) is 0.617. The van der Waals surface area contributed by atoms with Crippen molar-refractivity contribution in [2.45, 2.75) is 13.3 Å². The third kappa shape index (κ3) is 2.59. The molecule has 1 unspecified atom stereocenters. The predicted molar refractivity (Wildman–Crippen MR) is 79.4 cm³/mol. The second kappa shape index (κ2) is 5.16. The number of fused-ring (bicyclic) bond motifs is 1. The van der Waals surface area contributed by atoms with Gasteiger partial charge in [0.1, 0.15) is 5.82 Å². The molecule has 5 heteroatoms. The minimum Gasteiger partial charge on any atom is -0.341 e. The van der Waals surface area contributed by atoms with Gasteiger partial charge in [0.05, 0.1) is 16.7 Å². The summed E-state index contributed by atoms with van der Waals surface area (Å²) >= 11 is 0. The highest BCUT2D eigenvalue weighted by Crippen LogP contribution is 2.36. The molecular weight excluding hydrogens is 271 g/mol. The summed E-state index contributed by atoms with van der Waals surface area (Å²) < 4.78 is 13.7. The molecule has 21 heavy (non-hydrogen) atoms. The van der Waals surface area contributed by atoms with Crippen LogP contribution in [0.2, 0.25) is 0 Å². The maximum atomic E-state index is 13.7. The Bertz CT molecular complexity index is 702. The van der Waals surface area contributed by atoms with Gasteiger partial charge in [0.2, 0.25) is 0 Å². The van der Waals surface area contributed by atoms with Crippen molar-refractivity contribution in [2.24, 2.45) is 5.92 Å². The molecule has 0 bridgehead atoms. The summed E-state index contributed by atoms with van der Waals surface area (Å²) in [5.74, 6) is -0.183. The van der Waals surface area contributed by atoms with Gasteiger partial charge >= 0.3 is 0 Å². The van der Waals surface area contributed by atoms with Crippen LogP contribution >= 0.6 is 0 Å². The van der Waals surface area contributed by atoms with E-state index in [4.69, 9.17) is 0 Å². The number of hydrogen-bond donors (Lipinski definition) is 0. The fourth-order valence-corrected chi connectivity index (χ4v) is 2.86. The Kier molecular flexibility index (Phi) is 3.33. The lowest BCUT2D eigenvalue weighted by atomic mass is 9.93. The maximum Gasteiger partial charge on any atom is 0.274 e. The van der Waals surface area contributed by atoms with Crippen LogP contribution in [-0.2, 0) is 6.42 Å². The van der Waals surface area contributed by atoms with Gasteiger partial charge in [-0.3, -0.25) is 10.1 Å². The zero-order chi connectivity index (χ0) is 15.0. The molecule has 0 spiro atoms. The van der Waals surface area contributed by atoms with Crippen LogP contribution in [0.5, 0.6) is 0 Å². The standard InChI is InChI=1S/C16H15FN2O2/c1-11-6-12-4-2-3-5-16(12)18(10-11)14-7-13(17)8-15(9-14)19(20)21/h2-5,7-9,11H,6,10H2,1H3. The van der Waals surface area contributed by atoms with E-state index < -0.39 is 10.7 Å². The van der Waals surface area contributed by atoms with E-state index in [0.717, 1.165) is 24.7 Å². The topological polar surface area (TPSA) is 46.4 Å². The average molecular weight is 286 g/mol. The third-order valence-corrected chi connectivity index (χ3v) is 3.73. The molecule has 0 saturated carbocycles. The van der Waals surface area contributed by atoms with Crippen LogP contribution in [0.15, 0.2) is 42.5 Å². The summed E-state index contributed by atoms with van der Waals surface area (Å²) in [6, 6.07) is 11.6. The smallest absolute Gasteiger partial charge is 0.274 e. The van der Waals surface area contributed by atoms with Crippen LogP contribution in [0, 0.1) is 21.8 Å². The summed E-state index contributed by atoms with van der Waals surface area (Å²) in [5.41, 5.74) is 2.49. The molecule has 1 aliphatic rings. The van der Waals surface area contributed by atoms with Crippen molar-refractivity contribution in [3.8, 4) is 0 Å². The molecule has 0 radical (unpaired) electrons. The van der Waals surface area contributed by atoms with Crippen molar-refractivity contribution in [1.29, 1.82) is 0 Å². The highest BCUT2D eigenvalue weighted by atomic mass is 19.1. The summed E-state index contributed by atoms with van der Waals surface area (Å²) in [4.78, 5) is 12.3. The van der Waals surface area contributed by atoms with Gasteiger partial charge in [-0.1, -0.05) is 25.1 Å². The van der Waals surface area contributed by atoms with Gasteiger partial charge in [0.25, 0.3) is 5.69 Å². The van der Waals surface area contributed by atoms with E-state index in [0.29, 0.717) is 11.6 Å². The molecule has 1 atom stereocenters. The summed E-state index contributed by atoms with van der Waals surface area (Å²) in [5, 5.41) is 10.9. The number of anilines is 2. The lowest BCUT2D eigenvalue weighted by molar-refractivity contribution is -0.385. The van der Waals surface area contributed by atoms with Gasteiger partial charge in [0.15, 0.2) is 0 Å². The van der Waals surface area contributed by atoms with Crippen LogP contribution in [0.25, 0.3) is 0 Å². The number of benzene rings is 2. The maximum absolute atomic E-state index is 13.7. The number of hydrogen-bond acceptors (Lipinski definition) is 3. The van der Waals surface area contributed by atoms with Crippen molar-refractivity contribution in [1.82, 2.24) is 0 Å². The van der Waals surface area contributed by atoms with Gasteiger partial charge in [-0.2, -0.15) is 0 Å². The number of halogens is 1. The van der Waals surface area contributed by atoms with E-state index >= 15 is 0 Å². The monoisotopic (exact) mass is 286 g/mol. The van der Waals surface area contributed by atoms with Crippen LogP contribution < -0.4 is 4.90 Å². The Morgan fingerprint density at radius 3 is 2.81 bits per heavy atom. The summed E-state index contributed by atoms with van der Waals surface area (Å²) in [7, 11) is 0. The molecule has 2 aromatic carbocycles. The van der Waals surface area contributed by atoms with Crippen molar-refractivity contribution >= 4 is 17.1 Å². The first kappa shape index (κ1) is 13.5. The van der Waals surface area contributed by atoms with Crippen molar-refractivity contribution in [2.75, 3.05) is 11.4 Å². The molecule has 108 valence electrons. The molecule has 1 heterocycles. The second-order valence-electron chi connectivity index (χ2n) is 5.47. The normalized spacial score (nSPS) is 17.4. The fraction of sp³-hybridized carbons (Fsp3) is 0.250. The number of nitro groups is 1.